The van der Waals surface area contributed by atoms with Gasteiger partial charge < -0.3 is 9.63 Å². The van der Waals surface area contributed by atoms with Crippen LogP contribution in [0, 0.1) is 5.92 Å². The summed E-state index contributed by atoms with van der Waals surface area (Å²) in [6.45, 7) is 2.53. The van der Waals surface area contributed by atoms with Crippen molar-refractivity contribution in [2.45, 2.75) is 44.6 Å². The molecule has 1 saturated heterocycles. The monoisotopic (exact) mass is 265 g/mol. The summed E-state index contributed by atoms with van der Waals surface area (Å²) in [4.78, 5) is 17.4. The van der Waals surface area contributed by atoms with E-state index < -0.39 is 5.97 Å². The summed E-state index contributed by atoms with van der Waals surface area (Å²) in [6, 6.07) is 0. The summed E-state index contributed by atoms with van der Waals surface area (Å²) in [5, 5.41) is 12.8. The third-order valence-corrected chi connectivity index (χ3v) is 3.96. The van der Waals surface area contributed by atoms with Gasteiger partial charge in [0.2, 0.25) is 5.89 Å². The van der Waals surface area contributed by atoms with Crippen molar-refractivity contribution in [3.8, 4) is 0 Å². The number of piperidine rings is 1. The molecule has 0 unspecified atom stereocenters. The second-order valence-corrected chi connectivity index (χ2v) is 5.64. The highest BCUT2D eigenvalue weighted by atomic mass is 16.5. The molecule has 3 rings (SSSR count). The Hall–Kier alpha value is -1.43. The first-order valence-corrected chi connectivity index (χ1v) is 6.97. The van der Waals surface area contributed by atoms with Gasteiger partial charge in [-0.1, -0.05) is 5.16 Å². The fourth-order valence-electron chi connectivity index (χ4n) is 2.63. The van der Waals surface area contributed by atoms with Crippen LogP contribution in [0.15, 0.2) is 4.52 Å². The third kappa shape index (κ3) is 3.32. The predicted molar refractivity (Wildman–Crippen MR) is 66.5 cm³/mol. The maximum absolute atomic E-state index is 10.7. The lowest BCUT2D eigenvalue weighted by molar-refractivity contribution is -0.138. The fourth-order valence-corrected chi connectivity index (χ4v) is 2.63. The van der Waals surface area contributed by atoms with E-state index in [2.05, 4.69) is 15.0 Å². The largest absolute Gasteiger partial charge is 0.481 e. The number of aromatic nitrogens is 2. The quantitative estimate of drug-likeness (QED) is 0.871. The van der Waals surface area contributed by atoms with Gasteiger partial charge in [0.25, 0.3) is 0 Å². The Balaban J connectivity index is 1.47. The van der Waals surface area contributed by atoms with E-state index in [1.165, 1.54) is 12.8 Å². The number of rotatable bonds is 5. The summed E-state index contributed by atoms with van der Waals surface area (Å²) >= 11 is 0. The van der Waals surface area contributed by atoms with Crippen molar-refractivity contribution in [1.82, 2.24) is 15.0 Å². The highest BCUT2D eigenvalue weighted by molar-refractivity contribution is 5.67. The minimum Gasteiger partial charge on any atom is -0.481 e. The SMILES string of the molecule is O=C(O)CC1CCN(Cc2nc(C3CC3)no2)CC1. The van der Waals surface area contributed by atoms with Crippen LogP contribution in [0.3, 0.4) is 0 Å². The molecule has 19 heavy (non-hydrogen) atoms. The lowest BCUT2D eigenvalue weighted by Gasteiger charge is -2.30. The summed E-state index contributed by atoms with van der Waals surface area (Å²) in [7, 11) is 0. The van der Waals surface area contributed by atoms with Crippen LogP contribution >= 0.6 is 0 Å². The molecule has 1 aromatic rings. The number of carboxylic acids is 1. The number of hydrogen-bond acceptors (Lipinski definition) is 5. The van der Waals surface area contributed by atoms with E-state index >= 15 is 0 Å². The van der Waals surface area contributed by atoms with Gasteiger partial charge >= 0.3 is 5.97 Å². The van der Waals surface area contributed by atoms with Crippen molar-refractivity contribution < 1.29 is 14.4 Å². The molecule has 2 heterocycles. The summed E-state index contributed by atoms with van der Waals surface area (Å²) in [5.41, 5.74) is 0. The molecule has 0 atom stereocenters. The Morgan fingerprint density at radius 3 is 2.68 bits per heavy atom. The first-order chi connectivity index (χ1) is 9.20. The van der Waals surface area contributed by atoms with Gasteiger partial charge in [0, 0.05) is 12.3 Å². The van der Waals surface area contributed by atoms with Gasteiger partial charge in [-0.25, -0.2) is 0 Å². The molecule has 0 bridgehead atoms. The van der Waals surface area contributed by atoms with Crippen LogP contribution in [0.4, 0.5) is 0 Å². The smallest absolute Gasteiger partial charge is 0.303 e. The maximum Gasteiger partial charge on any atom is 0.303 e. The average molecular weight is 265 g/mol. The zero-order valence-electron chi connectivity index (χ0n) is 10.9. The highest BCUT2D eigenvalue weighted by Gasteiger charge is 2.29. The van der Waals surface area contributed by atoms with Gasteiger partial charge in [-0.05, 0) is 44.7 Å². The van der Waals surface area contributed by atoms with E-state index in [1.807, 2.05) is 0 Å². The molecule has 104 valence electrons. The van der Waals surface area contributed by atoms with Crippen molar-refractivity contribution in [3.05, 3.63) is 11.7 Å². The summed E-state index contributed by atoms with van der Waals surface area (Å²) in [6.07, 6.45) is 4.53. The lowest BCUT2D eigenvalue weighted by atomic mass is 9.94. The van der Waals surface area contributed by atoms with Gasteiger partial charge in [0.05, 0.1) is 6.54 Å². The molecule has 0 spiro atoms. The van der Waals surface area contributed by atoms with E-state index in [4.69, 9.17) is 9.63 Å². The van der Waals surface area contributed by atoms with Gasteiger partial charge in [-0.15, -0.1) is 0 Å². The average Bonchev–Trinajstić information content (AvgIpc) is 3.12. The first-order valence-electron chi connectivity index (χ1n) is 6.97. The normalized spacial score (nSPS) is 21.7. The van der Waals surface area contributed by atoms with E-state index in [1.54, 1.807) is 0 Å². The topological polar surface area (TPSA) is 79.5 Å². The number of hydrogen-bond donors (Lipinski definition) is 1. The third-order valence-electron chi connectivity index (χ3n) is 3.96. The van der Waals surface area contributed by atoms with E-state index in [-0.39, 0.29) is 0 Å². The van der Waals surface area contributed by atoms with Crippen molar-refractivity contribution in [2.75, 3.05) is 13.1 Å². The molecule has 1 saturated carbocycles. The number of carboxylic acid groups (broad SMARTS) is 1. The van der Waals surface area contributed by atoms with Crippen LogP contribution < -0.4 is 0 Å². The molecule has 6 nitrogen and oxygen atoms in total. The second kappa shape index (κ2) is 5.28. The standard InChI is InChI=1S/C13H19N3O3/c17-12(18)7-9-3-5-16(6-4-9)8-11-14-13(15-19-11)10-1-2-10/h9-10H,1-8H2,(H,17,18). The molecular weight excluding hydrogens is 246 g/mol. The number of carbonyl (C=O) groups is 1. The molecule has 0 amide bonds. The molecule has 1 aliphatic carbocycles. The highest BCUT2D eigenvalue weighted by Crippen LogP contribution is 2.38. The Labute approximate surface area is 111 Å². The molecular formula is C13H19N3O3. The van der Waals surface area contributed by atoms with Crippen LogP contribution in [-0.2, 0) is 11.3 Å². The Morgan fingerprint density at radius 2 is 2.05 bits per heavy atom. The van der Waals surface area contributed by atoms with Gasteiger partial charge in [0.15, 0.2) is 5.82 Å². The molecule has 6 heteroatoms. The molecule has 0 aromatic carbocycles. The predicted octanol–water partition coefficient (Wildman–Crippen LogP) is 1.63. The Kier molecular flexibility index (Phi) is 3.50. The van der Waals surface area contributed by atoms with Gasteiger partial charge in [-0.2, -0.15) is 4.98 Å². The zero-order chi connectivity index (χ0) is 13.2. The molecule has 1 aromatic heterocycles. The lowest BCUT2D eigenvalue weighted by Crippen LogP contribution is -2.34. The van der Waals surface area contributed by atoms with Gasteiger partial charge in [0.1, 0.15) is 0 Å². The molecule has 1 N–H and O–H groups in total. The second-order valence-electron chi connectivity index (χ2n) is 5.64. The van der Waals surface area contributed by atoms with Crippen LogP contribution in [-0.4, -0.2) is 39.2 Å². The zero-order valence-corrected chi connectivity index (χ0v) is 10.9. The van der Waals surface area contributed by atoms with Crippen molar-refractivity contribution >= 4 is 5.97 Å². The molecule has 2 fully saturated rings. The molecule has 2 aliphatic rings. The summed E-state index contributed by atoms with van der Waals surface area (Å²) in [5.74, 6) is 1.70. The van der Waals surface area contributed by atoms with Crippen molar-refractivity contribution in [3.63, 3.8) is 0 Å². The number of nitrogens with zero attached hydrogens (tertiary/aromatic N) is 3. The van der Waals surface area contributed by atoms with E-state index in [0.717, 1.165) is 31.8 Å². The van der Waals surface area contributed by atoms with Crippen molar-refractivity contribution in [2.24, 2.45) is 5.92 Å². The Morgan fingerprint density at radius 1 is 1.32 bits per heavy atom. The van der Waals surface area contributed by atoms with Crippen LogP contribution in [0.2, 0.25) is 0 Å². The Bertz CT molecular complexity index is 448. The minimum absolute atomic E-state index is 0.292. The first kappa shape index (κ1) is 12.6. The minimum atomic E-state index is -0.690. The van der Waals surface area contributed by atoms with Crippen LogP contribution in [0.5, 0.6) is 0 Å². The number of aliphatic carboxylic acids is 1. The van der Waals surface area contributed by atoms with Crippen molar-refractivity contribution in [1.29, 1.82) is 0 Å². The summed E-state index contributed by atoms with van der Waals surface area (Å²) < 4.78 is 5.26. The molecule has 1 aliphatic heterocycles. The maximum atomic E-state index is 10.7. The van der Waals surface area contributed by atoms with Crippen LogP contribution in [0.1, 0.15) is 49.7 Å². The van der Waals surface area contributed by atoms with Crippen LogP contribution in [0.25, 0.3) is 0 Å². The fraction of sp³-hybridized carbons (Fsp3) is 0.769. The number of likely N-dealkylation sites (tertiary alicyclic amines) is 1. The van der Waals surface area contributed by atoms with E-state index in [0.29, 0.717) is 30.7 Å². The van der Waals surface area contributed by atoms with Gasteiger partial charge in [-0.3, -0.25) is 9.69 Å². The molecule has 0 radical (unpaired) electrons. The van der Waals surface area contributed by atoms with E-state index in [9.17, 15) is 4.79 Å².